The number of hydrogen-bond acceptors (Lipinski definition) is 2. The minimum atomic E-state index is -0.257. The fraction of sp³-hybridized carbons (Fsp3) is 0.600. The summed E-state index contributed by atoms with van der Waals surface area (Å²) in [5.74, 6) is 0.118. The van der Waals surface area contributed by atoms with Crippen LogP contribution in [0.3, 0.4) is 0 Å². The Morgan fingerprint density at radius 2 is 2.00 bits per heavy atom. The number of aryl methyl sites for hydroxylation is 1. The maximum atomic E-state index is 13.5. The molecule has 1 fully saturated rings. The van der Waals surface area contributed by atoms with Crippen LogP contribution in [-0.4, -0.2) is 31.1 Å². The van der Waals surface area contributed by atoms with Crippen LogP contribution in [0.4, 0.5) is 4.39 Å². The Labute approximate surface area is 109 Å². The first kappa shape index (κ1) is 13.3. The van der Waals surface area contributed by atoms with Gasteiger partial charge in [0.1, 0.15) is 0 Å². The van der Waals surface area contributed by atoms with Crippen molar-refractivity contribution >= 4 is 0 Å². The summed E-state index contributed by atoms with van der Waals surface area (Å²) in [5.41, 5.74) is 0.924. The van der Waals surface area contributed by atoms with Crippen LogP contribution in [0.25, 0.3) is 0 Å². The van der Waals surface area contributed by atoms with E-state index in [0.717, 1.165) is 18.5 Å². The van der Waals surface area contributed by atoms with E-state index in [4.69, 9.17) is 4.74 Å². The molecule has 0 atom stereocenters. The zero-order valence-corrected chi connectivity index (χ0v) is 11.1. The summed E-state index contributed by atoms with van der Waals surface area (Å²) < 4.78 is 19.0. The molecular formula is C15H22FNO. The van der Waals surface area contributed by atoms with Crippen LogP contribution in [0.5, 0.6) is 5.75 Å². The minimum Gasteiger partial charge on any atom is -0.490 e. The molecule has 1 aromatic carbocycles. The predicted molar refractivity (Wildman–Crippen MR) is 71.5 cm³/mol. The second-order valence-electron chi connectivity index (χ2n) is 5.04. The van der Waals surface area contributed by atoms with Crippen molar-refractivity contribution in [3.63, 3.8) is 0 Å². The van der Waals surface area contributed by atoms with E-state index < -0.39 is 0 Å². The lowest BCUT2D eigenvalue weighted by Gasteiger charge is -2.26. The van der Waals surface area contributed by atoms with Gasteiger partial charge in [-0.3, -0.25) is 0 Å². The Hall–Kier alpha value is -1.09. The summed E-state index contributed by atoms with van der Waals surface area (Å²) in [6.07, 6.45) is 4.95. The first-order valence-electron chi connectivity index (χ1n) is 6.87. The van der Waals surface area contributed by atoms with Crippen LogP contribution in [0.15, 0.2) is 18.2 Å². The van der Waals surface area contributed by atoms with Gasteiger partial charge in [0.25, 0.3) is 0 Å². The predicted octanol–water partition coefficient (Wildman–Crippen LogP) is 3.39. The van der Waals surface area contributed by atoms with Crippen LogP contribution >= 0.6 is 0 Å². The molecule has 0 bridgehead atoms. The molecule has 0 amide bonds. The van der Waals surface area contributed by atoms with Gasteiger partial charge in [-0.15, -0.1) is 0 Å². The molecule has 0 unspecified atom stereocenters. The smallest absolute Gasteiger partial charge is 0.165 e. The molecule has 18 heavy (non-hydrogen) atoms. The Bertz CT molecular complexity index is 375. The highest BCUT2D eigenvalue weighted by Crippen LogP contribution is 2.18. The fourth-order valence-corrected chi connectivity index (χ4v) is 2.38. The van der Waals surface area contributed by atoms with Crippen LogP contribution in [0.1, 0.15) is 31.2 Å². The van der Waals surface area contributed by atoms with Gasteiger partial charge in [0.2, 0.25) is 0 Å². The van der Waals surface area contributed by atoms with Crippen LogP contribution < -0.4 is 4.74 Å². The molecule has 100 valence electrons. The molecule has 0 saturated carbocycles. The average Bonchev–Trinajstić information content (AvgIpc) is 2.38. The second kappa shape index (κ2) is 6.74. The van der Waals surface area contributed by atoms with E-state index >= 15 is 0 Å². The SMILES string of the molecule is Cc1ccc(OCCCN2CCCCC2)c(F)c1. The van der Waals surface area contributed by atoms with Crippen LogP contribution in [-0.2, 0) is 0 Å². The van der Waals surface area contributed by atoms with Gasteiger partial charge in [-0.1, -0.05) is 12.5 Å². The molecule has 1 heterocycles. The van der Waals surface area contributed by atoms with Gasteiger partial charge < -0.3 is 9.64 Å². The number of piperidine rings is 1. The number of benzene rings is 1. The van der Waals surface area contributed by atoms with Crippen LogP contribution in [0, 0.1) is 12.7 Å². The molecule has 0 N–H and O–H groups in total. The number of halogens is 1. The van der Waals surface area contributed by atoms with Crippen molar-refractivity contribution in [3.05, 3.63) is 29.6 Å². The van der Waals surface area contributed by atoms with E-state index in [0.29, 0.717) is 12.4 Å². The van der Waals surface area contributed by atoms with E-state index in [1.165, 1.54) is 38.4 Å². The Morgan fingerprint density at radius 3 is 2.72 bits per heavy atom. The summed E-state index contributed by atoms with van der Waals surface area (Å²) in [6.45, 7) is 5.95. The standard InChI is InChI=1S/C15H22FNO/c1-13-6-7-15(14(16)12-13)18-11-5-10-17-8-3-2-4-9-17/h6-7,12H,2-5,8-11H2,1H3. The zero-order valence-electron chi connectivity index (χ0n) is 11.1. The van der Waals surface area contributed by atoms with E-state index in [9.17, 15) is 4.39 Å². The number of nitrogens with zero attached hydrogens (tertiary/aromatic N) is 1. The highest BCUT2D eigenvalue weighted by atomic mass is 19.1. The molecule has 1 aliphatic heterocycles. The van der Waals surface area contributed by atoms with Gasteiger partial charge in [-0.25, -0.2) is 4.39 Å². The number of likely N-dealkylation sites (tertiary alicyclic amines) is 1. The van der Waals surface area contributed by atoms with Gasteiger partial charge in [0.05, 0.1) is 6.61 Å². The second-order valence-corrected chi connectivity index (χ2v) is 5.04. The van der Waals surface area contributed by atoms with E-state index in [1.54, 1.807) is 6.07 Å². The van der Waals surface area contributed by atoms with Crippen molar-refractivity contribution in [2.24, 2.45) is 0 Å². The Kier molecular flexibility index (Phi) is 5.00. The van der Waals surface area contributed by atoms with Crippen molar-refractivity contribution in [1.29, 1.82) is 0 Å². The number of ether oxygens (including phenoxy) is 1. The number of hydrogen-bond donors (Lipinski definition) is 0. The normalized spacial score (nSPS) is 16.8. The first-order valence-corrected chi connectivity index (χ1v) is 6.87. The van der Waals surface area contributed by atoms with Crippen LogP contribution in [0.2, 0.25) is 0 Å². The summed E-state index contributed by atoms with van der Waals surface area (Å²) in [4.78, 5) is 2.47. The van der Waals surface area contributed by atoms with E-state index in [1.807, 2.05) is 13.0 Å². The molecule has 1 aliphatic rings. The van der Waals surface area contributed by atoms with Crippen molar-refractivity contribution in [3.8, 4) is 5.75 Å². The Balaban J connectivity index is 1.68. The molecule has 1 saturated heterocycles. The summed E-state index contributed by atoms with van der Waals surface area (Å²) >= 11 is 0. The highest BCUT2D eigenvalue weighted by molar-refractivity contribution is 5.28. The van der Waals surface area contributed by atoms with Crippen molar-refractivity contribution in [2.75, 3.05) is 26.2 Å². The van der Waals surface area contributed by atoms with Crippen molar-refractivity contribution in [2.45, 2.75) is 32.6 Å². The lowest BCUT2D eigenvalue weighted by Crippen LogP contribution is -2.31. The maximum Gasteiger partial charge on any atom is 0.165 e. The quantitative estimate of drug-likeness (QED) is 0.744. The maximum absolute atomic E-state index is 13.5. The fourth-order valence-electron chi connectivity index (χ4n) is 2.38. The van der Waals surface area contributed by atoms with Gasteiger partial charge >= 0.3 is 0 Å². The third-order valence-corrected chi connectivity index (χ3v) is 3.41. The minimum absolute atomic E-state index is 0.257. The molecule has 0 radical (unpaired) electrons. The zero-order chi connectivity index (χ0) is 12.8. The van der Waals surface area contributed by atoms with Gasteiger partial charge in [0.15, 0.2) is 11.6 Å². The topological polar surface area (TPSA) is 12.5 Å². The lowest BCUT2D eigenvalue weighted by atomic mass is 10.1. The molecule has 1 aromatic rings. The Morgan fingerprint density at radius 1 is 1.22 bits per heavy atom. The largest absolute Gasteiger partial charge is 0.490 e. The van der Waals surface area contributed by atoms with Gasteiger partial charge in [-0.2, -0.15) is 0 Å². The van der Waals surface area contributed by atoms with Gasteiger partial charge in [-0.05, 0) is 57.0 Å². The molecule has 0 spiro atoms. The molecule has 3 heteroatoms. The lowest BCUT2D eigenvalue weighted by molar-refractivity contribution is 0.203. The summed E-state index contributed by atoms with van der Waals surface area (Å²) in [5, 5.41) is 0. The first-order chi connectivity index (χ1) is 8.75. The molecule has 0 aliphatic carbocycles. The van der Waals surface area contributed by atoms with E-state index in [-0.39, 0.29) is 5.82 Å². The van der Waals surface area contributed by atoms with E-state index in [2.05, 4.69) is 4.90 Å². The van der Waals surface area contributed by atoms with Crippen molar-refractivity contribution < 1.29 is 9.13 Å². The number of rotatable bonds is 5. The van der Waals surface area contributed by atoms with Crippen molar-refractivity contribution in [1.82, 2.24) is 4.90 Å². The average molecular weight is 251 g/mol. The highest BCUT2D eigenvalue weighted by Gasteiger charge is 2.09. The summed E-state index contributed by atoms with van der Waals surface area (Å²) in [6, 6.07) is 5.11. The molecular weight excluding hydrogens is 229 g/mol. The van der Waals surface area contributed by atoms with Gasteiger partial charge in [0, 0.05) is 6.54 Å². The monoisotopic (exact) mass is 251 g/mol. The third-order valence-electron chi connectivity index (χ3n) is 3.41. The molecule has 0 aromatic heterocycles. The third kappa shape index (κ3) is 3.98. The summed E-state index contributed by atoms with van der Waals surface area (Å²) in [7, 11) is 0. The molecule has 2 nitrogen and oxygen atoms in total. The molecule has 2 rings (SSSR count).